The topological polar surface area (TPSA) is 64.6 Å². The standard InChI is InChI=1S/C24H29NO4/c1-15-21(24(27)29-16-9-4-3-5-10-16)22(17-11-6-7-14-20(17)28-2)23-18(25-15)12-8-13-19(23)26/h6-7,11-12,14,16,22-23,25H,3-5,8-10,13H2,1-2H3. The lowest BCUT2D eigenvalue weighted by atomic mass is 9.71. The van der Waals surface area contributed by atoms with E-state index in [2.05, 4.69) is 11.4 Å². The molecule has 5 heteroatoms. The summed E-state index contributed by atoms with van der Waals surface area (Å²) in [7, 11) is 1.62. The molecule has 0 saturated heterocycles. The number of nitrogens with one attached hydrogen (secondary N) is 1. The molecule has 0 spiro atoms. The Labute approximate surface area is 172 Å². The molecule has 29 heavy (non-hydrogen) atoms. The largest absolute Gasteiger partial charge is 0.496 e. The van der Waals surface area contributed by atoms with Gasteiger partial charge in [0, 0.05) is 29.3 Å². The van der Waals surface area contributed by atoms with Crippen molar-refractivity contribution in [3.63, 3.8) is 0 Å². The van der Waals surface area contributed by atoms with E-state index >= 15 is 0 Å². The van der Waals surface area contributed by atoms with E-state index in [4.69, 9.17) is 9.47 Å². The van der Waals surface area contributed by atoms with E-state index in [9.17, 15) is 9.59 Å². The van der Waals surface area contributed by atoms with E-state index < -0.39 is 11.8 Å². The van der Waals surface area contributed by atoms with Crippen molar-refractivity contribution in [3.05, 3.63) is 52.9 Å². The van der Waals surface area contributed by atoms with Crippen LogP contribution in [0, 0.1) is 5.92 Å². The molecule has 5 nitrogen and oxygen atoms in total. The zero-order valence-corrected chi connectivity index (χ0v) is 17.2. The number of methoxy groups -OCH3 is 1. The lowest BCUT2D eigenvalue weighted by Crippen LogP contribution is -2.41. The Morgan fingerprint density at radius 1 is 1.10 bits per heavy atom. The highest BCUT2D eigenvalue weighted by Crippen LogP contribution is 2.46. The minimum Gasteiger partial charge on any atom is -0.496 e. The first-order chi connectivity index (χ1) is 14.1. The number of hydrogen-bond donors (Lipinski definition) is 1. The maximum atomic E-state index is 13.3. The number of esters is 1. The smallest absolute Gasteiger partial charge is 0.336 e. The average molecular weight is 395 g/mol. The van der Waals surface area contributed by atoms with Gasteiger partial charge in [-0.05, 0) is 45.1 Å². The first-order valence-corrected chi connectivity index (χ1v) is 10.6. The van der Waals surface area contributed by atoms with Gasteiger partial charge in [-0.25, -0.2) is 4.79 Å². The fourth-order valence-corrected chi connectivity index (χ4v) is 4.94. The lowest BCUT2D eigenvalue weighted by Gasteiger charge is -2.38. The van der Waals surface area contributed by atoms with Crippen molar-refractivity contribution in [1.29, 1.82) is 0 Å². The molecule has 2 aliphatic carbocycles. The third-order valence-electron chi connectivity index (χ3n) is 6.34. The SMILES string of the molecule is COc1ccccc1C1C(C(=O)OC2CCCCC2)=C(C)NC2=CCCC(=O)C21. The van der Waals surface area contributed by atoms with Gasteiger partial charge in [-0.15, -0.1) is 0 Å². The van der Waals surface area contributed by atoms with E-state index in [1.807, 2.05) is 31.2 Å². The van der Waals surface area contributed by atoms with Gasteiger partial charge in [-0.2, -0.15) is 0 Å². The number of ketones is 1. The highest BCUT2D eigenvalue weighted by molar-refractivity contribution is 5.96. The zero-order chi connectivity index (χ0) is 20.4. The molecule has 1 aromatic rings. The monoisotopic (exact) mass is 395 g/mol. The Morgan fingerprint density at radius 3 is 2.62 bits per heavy atom. The van der Waals surface area contributed by atoms with E-state index in [-0.39, 0.29) is 17.9 Å². The Kier molecular flexibility index (Phi) is 5.74. The van der Waals surface area contributed by atoms with Crippen LogP contribution in [0.15, 0.2) is 47.3 Å². The van der Waals surface area contributed by atoms with Crippen molar-refractivity contribution < 1.29 is 19.1 Å². The molecule has 1 heterocycles. The molecule has 2 atom stereocenters. The summed E-state index contributed by atoms with van der Waals surface area (Å²) >= 11 is 0. The summed E-state index contributed by atoms with van der Waals surface area (Å²) in [5.41, 5.74) is 3.07. The van der Waals surface area contributed by atoms with Gasteiger partial charge in [-0.1, -0.05) is 30.7 Å². The third kappa shape index (κ3) is 3.83. The van der Waals surface area contributed by atoms with Gasteiger partial charge in [0.2, 0.25) is 0 Å². The average Bonchev–Trinajstić information content (AvgIpc) is 2.73. The van der Waals surface area contributed by atoms with Gasteiger partial charge in [0.15, 0.2) is 0 Å². The second-order valence-corrected chi connectivity index (χ2v) is 8.19. The number of allylic oxidation sites excluding steroid dienone is 3. The van der Waals surface area contributed by atoms with Crippen LogP contribution in [0.25, 0.3) is 0 Å². The van der Waals surface area contributed by atoms with Gasteiger partial charge >= 0.3 is 5.97 Å². The van der Waals surface area contributed by atoms with Crippen LogP contribution in [0.5, 0.6) is 5.75 Å². The summed E-state index contributed by atoms with van der Waals surface area (Å²) < 4.78 is 11.5. The minimum atomic E-state index is -0.405. The Hall–Kier alpha value is -2.56. The van der Waals surface area contributed by atoms with Crippen molar-refractivity contribution in [3.8, 4) is 5.75 Å². The van der Waals surface area contributed by atoms with Crippen molar-refractivity contribution >= 4 is 11.8 Å². The number of rotatable bonds is 4. The molecule has 4 rings (SSSR count). The summed E-state index contributed by atoms with van der Waals surface area (Å²) in [4.78, 5) is 26.3. The number of fused-ring (bicyclic) bond motifs is 1. The van der Waals surface area contributed by atoms with Crippen LogP contribution in [0.1, 0.15) is 63.4 Å². The van der Waals surface area contributed by atoms with E-state index in [0.717, 1.165) is 49.1 Å². The fraction of sp³-hybridized carbons (Fsp3) is 0.500. The number of para-hydroxylation sites is 1. The van der Waals surface area contributed by atoms with E-state index in [0.29, 0.717) is 17.7 Å². The molecule has 1 aromatic carbocycles. The molecule has 1 fully saturated rings. The molecular weight excluding hydrogens is 366 g/mol. The highest BCUT2D eigenvalue weighted by atomic mass is 16.5. The van der Waals surface area contributed by atoms with Gasteiger partial charge in [-0.3, -0.25) is 4.79 Å². The van der Waals surface area contributed by atoms with Gasteiger partial charge in [0.05, 0.1) is 18.6 Å². The number of carbonyl (C=O) groups excluding carboxylic acids is 2. The number of ether oxygens (including phenoxy) is 2. The lowest BCUT2D eigenvalue weighted by molar-refractivity contribution is -0.146. The first-order valence-electron chi connectivity index (χ1n) is 10.6. The van der Waals surface area contributed by atoms with Crippen molar-refractivity contribution in [2.75, 3.05) is 7.11 Å². The van der Waals surface area contributed by atoms with Crippen LogP contribution in [0.4, 0.5) is 0 Å². The normalized spacial score (nSPS) is 25.0. The van der Waals surface area contributed by atoms with Crippen LogP contribution in [0.2, 0.25) is 0 Å². The summed E-state index contributed by atoms with van der Waals surface area (Å²) in [6.45, 7) is 1.90. The van der Waals surface area contributed by atoms with Crippen molar-refractivity contribution in [2.24, 2.45) is 5.92 Å². The molecule has 154 valence electrons. The van der Waals surface area contributed by atoms with Crippen molar-refractivity contribution in [2.45, 2.75) is 63.9 Å². The maximum absolute atomic E-state index is 13.3. The number of benzene rings is 1. The van der Waals surface area contributed by atoms with Crippen LogP contribution in [-0.2, 0) is 14.3 Å². The molecule has 0 radical (unpaired) electrons. The molecule has 1 N–H and O–H groups in total. The first kappa shape index (κ1) is 19.7. The van der Waals surface area contributed by atoms with Crippen LogP contribution in [0.3, 0.4) is 0 Å². The molecule has 1 saturated carbocycles. The maximum Gasteiger partial charge on any atom is 0.336 e. The molecule has 0 bridgehead atoms. The van der Waals surface area contributed by atoms with Crippen molar-refractivity contribution in [1.82, 2.24) is 5.32 Å². The number of carbonyl (C=O) groups is 2. The fourth-order valence-electron chi connectivity index (χ4n) is 4.94. The molecular formula is C24H29NO4. The molecule has 0 amide bonds. The van der Waals surface area contributed by atoms with Crippen LogP contribution in [-0.4, -0.2) is 25.0 Å². The second kappa shape index (κ2) is 8.44. The molecule has 3 aliphatic rings. The van der Waals surface area contributed by atoms with Gasteiger partial charge in [0.1, 0.15) is 17.6 Å². The summed E-state index contributed by atoms with van der Waals surface area (Å²) in [6.07, 6.45) is 8.49. The van der Waals surface area contributed by atoms with Crippen LogP contribution >= 0.6 is 0 Å². The number of hydrogen-bond acceptors (Lipinski definition) is 5. The molecule has 2 unspecified atom stereocenters. The predicted molar refractivity (Wildman–Crippen MR) is 110 cm³/mol. The molecule has 1 aliphatic heterocycles. The van der Waals surface area contributed by atoms with E-state index in [1.54, 1.807) is 7.11 Å². The quantitative estimate of drug-likeness (QED) is 0.766. The Morgan fingerprint density at radius 2 is 1.86 bits per heavy atom. The molecule has 0 aromatic heterocycles. The minimum absolute atomic E-state index is 0.0335. The Bertz CT molecular complexity index is 863. The zero-order valence-electron chi connectivity index (χ0n) is 17.2. The van der Waals surface area contributed by atoms with E-state index in [1.165, 1.54) is 6.42 Å². The summed E-state index contributed by atoms with van der Waals surface area (Å²) in [5.74, 6) is -0.273. The second-order valence-electron chi connectivity index (χ2n) is 8.19. The third-order valence-corrected chi connectivity index (χ3v) is 6.34. The van der Waals surface area contributed by atoms with Crippen LogP contribution < -0.4 is 10.1 Å². The van der Waals surface area contributed by atoms with Gasteiger partial charge < -0.3 is 14.8 Å². The summed E-state index contributed by atoms with van der Waals surface area (Å²) in [6, 6.07) is 7.67. The predicted octanol–water partition coefficient (Wildman–Crippen LogP) is 4.39. The van der Waals surface area contributed by atoms with Gasteiger partial charge in [0.25, 0.3) is 0 Å². The summed E-state index contributed by atoms with van der Waals surface area (Å²) in [5, 5.41) is 3.33. The highest BCUT2D eigenvalue weighted by Gasteiger charge is 2.44. The number of Topliss-reactive ketones (excluding diaryl/α,β-unsaturated/α-hetero) is 1. The Balaban J connectivity index is 1.77.